The zero-order chi connectivity index (χ0) is 18.9. The number of methoxy groups -OCH3 is 1. The second-order valence-electron chi connectivity index (χ2n) is 7.68. The molecule has 2 amide bonds. The van der Waals surface area contributed by atoms with Gasteiger partial charge in [-0.25, -0.2) is 0 Å². The molecule has 1 aromatic carbocycles. The molecular weight excluding hydrogens is 382 g/mol. The second-order valence-corrected chi connectivity index (χ2v) is 7.68. The molecule has 7 nitrogen and oxygen atoms in total. The van der Waals surface area contributed by atoms with Crippen molar-refractivity contribution in [2.45, 2.75) is 19.3 Å². The van der Waals surface area contributed by atoms with E-state index in [1.54, 1.807) is 30.2 Å². The second kappa shape index (κ2) is 8.68. The molecule has 1 atom stereocenters. The number of carbonyl (C=O) groups excluding carboxylic acids is 2. The molecule has 154 valence electrons. The standard InChI is InChI=1S/C20H27N3O4.ClH/c1-26-17-3-2-14(19(25)23-8-10-27-11-9-23)12-16(17)22-18(24)15-13-20(15)4-6-21-7-5-20;/h2-3,12,15,21H,4-11,13H2,1H3,(H,22,24);1H. The zero-order valence-electron chi connectivity index (χ0n) is 16.2. The SMILES string of the molecule is COc1ccc(C(=O)N2CCOCC2)cc1NC(=O)C1CC12CCNCC2.Cl. The summed E-state index contributed by atoms with van der Waals surface area (Å²) in [5.41, 5.74) is 1.29. The minimum absolute atomic E-state index is 0. The van der Waals surface area contributed by atoms with Gasteiger partial charge < -0.3 is 25.0 Å². The van der Waals surface area contributed by atoms with Crippen LogP contribution in [0.4, 0.5) is 5.69 Å². The number of nitrogens with zero attached hydrogens (tertiary/aromatic N) is 1. The minimum Gasteiger partial charge on any atom is -0.495 e. The maximum Gasteiger partial charge on any atom is 0.254 e. The van der Waals surface area contributed by atoms with Crippen molar-refractivity contribution in [3.8, 4) is 5.75 Å². The Morgan fingerprint density at radius 3 is 2.64 bits per heavy atom. The normalized spacial score (nSPS) is 22.9. The fraction of sp³-hybridized carbons (Fsp3) is 0.600. The van der Waals surface area contributed by atoms with Gasteiger partial charge in [0.2, 0.25) is 5.91 Å². The van der Waals surface area contributed by atoms with E-state index in [9.17, 15) is 9.59 Å². The number of anilines is 1. The third kappa shape index (κ3) is 4.11. The Labute approximate surface area is 171 Å². The van der Waals surface area contributed by atoms with E-state index in [2.05, 4.69) is 10.6 Å². The highest BCUT2D eigenvalue weighted by molar-refractivity contribution is 6.00. The smallest absolute Gasteiger partial charge is 0.254 e. The maximum absolute atomic E-state index is 12.8. The Morgan fingerprint density at radius 1 is 1.25 bits per heavy atom. The summed E-state index contributed by atoms with van der Waals surface area (Å²) < 4.78 is 10.7. The van der Waals surface area contributed by atoms with Crippen molar-refractivity contribution in [2.75, 3.05) is 51.8 Å². The number of halogens is 1. The van der Waals surface area contributed by atoms with E-state index in [0.29, 0.717) is 43.3 Å². The summed E-state index contributed by atoms with van der Waals surface area (Å²) in [6, 6.07) is 5.22. The topological polar surface area (TPSA) is 79.9 Å². The number of carbonyl (C=O) groups is 2. The summed E-state index contributed by atoms with van der Waals surface area (Å²) in [7, 11) is 1.57. The van der Waals surface area contributed by atoms with Crippen LogP contribution in [-0.4, -0.2) is 63.2 Å². The number of rotatable bonds is 4. The predicted molar refractivity (Wildman–Crippen MR) is 108 cm³/mol. The van der Waals surface area contributed by atoms with Crippen LogP contribution in [0.2, 0.25) is 0 Å². The summed E-state index contributed by atoms with van der Waals surface area (Å²) in [5.74, 6) is 0.619. The third-order valence-electron chi connectivity index (χ3n) is 6.11. The van der Waals surface area contributed by atoms with Gasteiger partial charge in [-0.1, -0.05) is 0 Å². The third-order valence-corrected chi connectivity index (χ3v) is 6.11. The van der Waals surface area contributed by atoms with E-state index in [4.69, 9.17) is 9.47 Å². The van der Waals surface area contributed by atoms with Crippen molar-refractivity contribution in [2.24, 2.45) is 11.3 Å². The molecule has 28 heavy (non-hydrogen) atoms. The number of ether oxygens (including phenoxy) is 2. The molecule has 2 heterocycles. The average Bonchev–Trinajstić information content (AvgIpc) is 3.41. The molecule has 1 aromatic rings. The highest BCUT2D eigenvalue weighted by Gasteiger charge is 2.57. The molecule has 2 saturated heterocycles. The monoisotopic (exact) mass is 409 g/mol. The lowest BCUT2D eigenvalue weighted by Crippen LogP contribution is -2.40. The average molecular weight is 410 g/mol. The van der Waals surface area contributed by atoms with Crippen LogP contribution in [0.5, 0.6) is 5.75 Å². The molecule has 2 aliphatic heterocycles. The van der Waals surface area contributed by atoms with Crippen molar-refractivity contribution in [3.63, 3.8) is 0 Å². The lowest BCUT2D eigenvalue weighted by molar-refractivity contribution is -0.118. The summed E-state index contributed by atoms with van der Waals surface area (Å²) in [6.45, 7) is 4.26. The van der Waals surface area contributed by atoms with E-state index < -0.39 is 0 Å². The van der Waals surface area contributed by atoms with Crippen LogP contribution in [0.25, 0.3) is 0 Å². The first-order valence-electron chi connectivity index (χ1n) is 9.70. The van der Waals surface area contributed by atoms with E-state index in [0.717, 1.165) is 32.4 Å². The number of hydrogen-bond donors (Lipinski definition) is 2. The minimum atomic E-state index is -0.0438. The molecule has 1 aliphatic carbocycles. The summed E-state index contributed by atoms with van der Waals surface area (Å²) in [5, 5.41) is 6.37. The Morgan fingerprint density at radius 2 is 1.96 bits per heavy atom. The number of nitrogens with one attached hydrogen (secondary N) is 2. The fourth-order valence-corrected chi connectivity index (χ4v) is 4.30. The Balaban J connectivity index is 0.00000225. The molecule has 2 N–H and O–H groups in total. The van der Waals surface area contributed by atoms with Crippen LogP contribution < -0.4 is 15.4 Å². The number of amides is 2. The first-order valence-corrected chi connectivity index (χ1v) is 9.70. The Bertz CT molecular complexity index is 730. The van der Waals surface area contributed by atoms with Crippen LogP contribution in [0, 0.1) is 11.3 Å². The van der Waals surface area contributed by atoms with Crippen LogP contribution in [0.15, 0.2) is 18.2 Å². The quantitative estimate of drug-likeness (QED) is 0.794. The van der Waals surface area contributed by atoms with Crippen molar-refractivity contribution in [1.82, 2.24) is 10.2 Å². The Hall–Kier alpha value is -1.83. The van der Waals surface area contributed by atoms with Gasteiger partial charge in [0, 0.05) is 24.6 Å². The molecule has 1 saturated carbocycles. The molecule has 0 radical (unpaired) electrons. The highest BCUT2D eigenvalue weighted by Crippen LogP contribution is 2.58. The molecule has 3 aliphatic rings. The molecule has 3 fully saturated rings. The van der Waals surface area contributed by atoms with Gasteiger partial charge >= 0.3 is 0 Å². The van der Waals surface area contributed by atoms with Crippen LogP contribution >= 0.6 is 12.4 Å². The van der Waals surface area contributed by atoms with E-state index in [-0.39, 0.29) is 35.6 Å². The molecule has 1 spiro atoms. The number of benzene rings is 1. The van der Waals surface area contributed by atoms with Gasteiger partial charge in [-0.2, -0.15) is 0 Å². The van der Waals surface area contributed by atoms with Gasteiger partial charge in [-0.3, -0.25) is 9.59 Å². The largest absolute Gasteiger partial charge is 0.495 e. The van der Waals surface area contributed by atoms with E-state index >= 15 is 0 Å². The molecule has 8 heteroatoms. The van der Waals surface area contributed by atoms with Gasteiger partial charge in [-0.15, -0.1) is 12.4 Å². The first-order chi connectivity index (χ1) is 13.1. The van der Waals surface area contributed by atoms with Gasteiger partial charge in [0.15, 0.2) is 0 Å². The van der Waals surface area contributed by atoms with Crippen molar-refractivity contribution in [3.05, 3.63) is 23.8 Å². The summed E-state index contributed by atoms with van der Waals surface area (Å²) in [6.07, 6.45) is 3.06. The van der Waals surface area contributed by atoms with Crippen molar-refractivity contribution >= 4 is 29.9 Å². The molecule has 4 rings (SSSR count). The number of piperidine rings is 1. The zero-order valence-corrected chi connectivity index (χ0v) is 17.0. The first kappa shape index (κ1) is 20.9. The summed E-state index contributed by atoms with van der Waals surface area (Å²) >= 11 is 0. The van der Waals surface area contributed by atoms with Gasteiger partial charge in [0.1, 0.15) is 5.75 Å². The Kier molecular flexibility index (Phi) is 6.47. The molecule has 1 unspecified atom stereocenters. The van der Waals surface area contributed by atoms with Gasteiger partial charge in [0.05, 0.1) is 26.0 Å². The highest BCUT2D eigenvalue weighted by atomic mass is 35.5. The number of morpholine rings is 1. The fourth-order valence-electron chi connectivity index (χ4n) is 4.30. The van der Waals surface area contributed by atoms with Crippen LogP contribution in [0.1, 0.15) is 29.6 Å². The number of hydrogen-bond acceptors (Lipinski definition) is 5. The van der Waals surface area contributed by atoms with Crippen molar-refractivity contribution < 1.29 is 19.1 Å². The van der Waals surface area contributed by atoms with E-state index in [1.807, 2.05) is 0 Å². The molecular formula is C20H28ClN3O4. The van der Waals surface area contributed by atoms with Gasteiger partial charge in [0.25, 0.3) is 5.91 Å². The summed E-state index contributed by atoms with van der Waals surface area (Å²) in [4.78, 5) is 27.3. The maximum atomic E-state index is 12.8. The molecule has 0 aromatic heterocycles. The lowest BCUT2D eigenvalue weighted by Gasteiger charge is -2.27. The van der Waals surface area contributed by atoms with Gasteiger partial charge in [-0.05, 0) is 56.0 Å². The van der Waals surface area contributed by atoms with Crippen molar-refractivity contribution in [1.29, 1.82) is 0 Å². The van der Waals surface area contributed by atoms with E-state index in [1.165, 1.54) is 0 Å². The lowest BCUT2D eigenvalue weighted by atomic mass is 9.92. The molecule has 0 bridgehead atoms. The van der Waals surface area contributed by atoms with Crippen LogP contribution in [0.3, 0.4) is 0 Å². The predicted octanol–water partition coefficient (Wildman–Crippen LogP) is 1.92. The van der Waals surface area contributed by atoms with Crippen LogP contribution in [-0.2, 0) is 9.53 Å².